The average Bonchev–Trinajstić information content (AvgIpc) is 2.16. The van der Waals surface area contributed by atoms with Crippen molar-refractivity contribution in [3.63, 3.8) is 0 Å². The van der Waals surface area contributed by atoms with Gasteiger partial charge in [-0.1, -0.05) is 32.1 Å². The summed E-state index contributed by atoms with van der Waals surface area (Å²) in [5.41, 5.74) is 5.57. The third-order valence-corrected chi connectivity index (χ3v) is 1.94. The van der Waals surface area contributed by atoms with E-state index in [1.165, 1.54) is 6.08 Å². The van der Waals surface area contributed by atoms with Crippen LogP contribution in [0.2, 0.25) is 0 Å². The molecule has 3 heteroatoms. The van der Waals surface area contributed by atoms with Crippen LogP contribution in [0.1, 0.15) is 27.2 Å². The molecule has 0 aromatic rings. The van der Waals surface area contributed by atoms with Gasteiger partial charge in [0, 0.05) is 18.7 Å². The monoisotopic (exact) mass is 210 g/mol. The highest BCUT2D eigenvalue weighted by Crippen LogP contribution is 2.03. The Kier molecular flexibility index (Phi) is 7.64. The van der Waals surface area contributed by atoms with Gasteiger partial charge >= 0.3 is 0 Å². The predicted octanol–water partition coefficient (Wildman–Crippen LogP) is 1.61. The summed E-state index contributed by atoms with van der Waals surface area (Å²) in [7, 11) is 0. The van der Waals surface area contributed by atoms with Crippen LogP contribution in [-0.4, -0.2) is 18.5 Å². The van der Waals surface area contributed by atoms with E-state index in [2.05, 4.69) is 19.2 Å². The Morgan fingerprint density at radius 3 is 2.53 bits per heavy atom. The van der Waals surface area contributed by atoms with Crippen LogP contribution in [0.4, 0.5) is 0 Å². The fourth-order valence-electron chi connectivity index (χ4n) is 1.29. The molecule has 0 spiro atoms. The molecule has 86 valence electrons. The topological polar surface area (TPSA) is 55.1 Å². The van der Waals surface area contributed by atoms with Gasteiger partial charge in [0.1, 0.15) is 0 Å². The lowest BCUT2D eigenvalue weighted by Crippen LogP contribution is -2.40. The summed E-state index contributed by atoms with van der Waals surface area (Å²) >= 11 is 0. The van der Waals surface area contributed by atoms with Gasteiger partial charge < -0.3 is 11.1 Å². The van der Waals surface area contributed by atoms with Crippen LogP contribution in [0, 0.1) is 5.92 Å². The van der Waals surface area contributed by atoms with E-state index in [1.54, 1.807) is 6.08 Å². The molecular weight excluding hydrogens is 188 g/mol. The van der Waals surface area contributed by atoms with Crippen molar-refractivity contribution in [3.05, 3.63) is 24.3 Å². The SMILES string of the molecule is CC=CC=CC(=O)NC(CN)CC(C)C. The lowest BCUT2D eigenvalue weighted by molar-refractivity contribution is -0.117. The first-order valence-electron chi connectivity index (χ1n) is 5.40. The molecule has 3 N–H and O–H groups in total. The summed E-state index contributed by atoms with van der Waals surface area (Å²) in [6, 6.07) is 0.0766. The van der Waals surface area contributed by atoms with Crippen LogP contribution < -0.4 is 11.1 Å². The van der Waals surface area contributed by atoms with Crippen molar-refractivity contribution < 1.29 is 4.79 Å². The van der Waals surface area contributed by atoms with Crippen molar-refractivity contribution in [3.8, 4) is 0 Å². The van der Waals surface area contributed by atoms with Gasteiger partial charge in [-0.2, -0.15) is 0 Å². The molecule has 0 aliphatic carbocycles. The first kappa shape index (κ1) is 13.9. The summed E-state index contributed by atoms with van der Waals surface area (Å²) in [6.45, 7) is 6.63. The van der Waals surface area contributed by atoms with Gasteiger partial charge in [0.05, 0.1) is 0 Å². The maximum Gasteiger partial charge on any atom is 0.244 e. The Morgan fingerprint density at radius 2 is 2.07 bits per heavy atom. The molecule has 0 rings (SSSR count). The number of allylic oxidation sites excluding steroid dienone is 3. The van der Waals surface area contributed by atoms with Crippen LogP contribution in [0.25, 0.3) is 0 Å². The highest BCUT2D eigenvalue weighted by molar-refractivity contribution is 5.87. The molecule has 0 saturated carbocycles. The zero-order valence-electron chi connectivity index (χ0n) is 9.86. The van der Waals surface area contributed by atoms with E-state index in [1.807, 2.05) is 19.1 Å². The van der Waals surface area contributed by atoms with Crippen LogP contribution in [0.15, 0.2) is 24.3 Å². The molecule has 1 atom stereocenters. The third kappa shape index (κ3) is 7.94. The Labute approximate surface area is 92.4 Å². The zero-order valence-corrected chi connectivity index (χ0v) is 9.86. The smallest absolute Gasteiger partial charge is 0.244 e. The maximum absolute atomic E-state index is 11.4. The molecule has 0 bridgehead atoms. The van der Waals surface area contributed by atoms with E-state index < -0.39 is 0 Å². The lowest BCUT2D eigenvalue weighted by Gasteiger charge is -2.17. The number of nitrogens with one attached hydrogen (secondary N) is 1. The number of hydrogen-bond donors (Lipinski definition) is 2. The van der Waals surface area contributed by atoms with E-state index in [0.29, 0.717) is 12.5 Å². The van der Waals surface area contributed by atoms with Crippen molar-refractivity contribution >= 4 is 5.91 Å². The number of rotatable bonds is 6. The molecule has 1 amide bonds. The van der Waals surface area contributed by atoms with Crippen LogP contribution in [0.3, 0.4) is 0 Å². The minimum atomic E-state index is -0.0794. The fraction of sp³-hybridized carbons (Fsp3) is 0.583. The molecule has 0 fully saturated rings. The second-order valence-electron chi connectivity index (χ2n) is 3.96. The largest absolute Gasteiger partial charge is 0.349 e. The normalized spacial score (nSPS) is 13.9. The number of nitrogens with two attached hydrogens (primary N) is 1. The van der Waals surface area contributed by atoms with Crippen molar-refractivity contribution in [1.82, 2.24) is 5.32 Å². The molecule has 0 aromatic heterocycles. The van der Waals surface area contributed by atoms with Gasteiger partial charge in [0.25, 0.3) is 0 Å². The molecule has 0 heterocycles. The summed E-state index contributed by atoms with van der Waals surface area (Å²) in [4.78, 5) is 11.4. The Balaban J connectivity index is 4.01. The molecule has 0 aliphatic rings. The number of carbonyl (C=O) groups is 1. The van der Waals surface area contributed by atoms with Crippen molar-refractivity contribution in [2.45, 2.75) is 33.2 Å². The maximum atomic E-state index is 11.4. The molecule has 0 saturated heterocycles. The van der Waals surface area contributed by atoms with E-state index in [0.717, 1.165) is 6.42 Å². The predicted molar refractivity (Wildman–Crippen MR) is 64.4 cm³/mol. The van der Waals surface area contributed by atoms with E-state index in [-0.39, 0.29) is 11.9 Å². The molecule has 0 radical (unpaired) electrons. The zero-order chi connectivity index (χ0) is 11.7. The fourth-order valence-corrected chi connectivity index (χ4v) is 1.29. The Bertz CT molecular complexity index is 232. The quantitative estimate of drug-likeness (QED) is 0.517. The highest BCUT2D eigenvalue weighted by Gasteiger charge is 2.09. The molecule has 3 nitrogen and oxygen atoms in total. The second kappa shape index (κ2) is 8.24. The minimum Gasteiger partial charge on any atom is -0.349 e. The van der Waals surface area contributed by atoms with Crippen molar-refractivity contribution in [2.24, 2.45) is 11.7 Å². The number of hydrogen-bond acceptors (Lipinski definition) is 2. The average molecular weight is 210 g/mol. The highest BCUT2D eigenvalue weighted by atomic mass is 16.1. The van der Waals surface area contributed by atoms with Crippen molar-refractivity contribution in [2.75, 3.05) is 6.54 Å². The van der Waals surface area contributed by atoms with Gasteiger partial charge in [-0.3, -0.25) is 4.79 Å². The standard InChI is InChI=1S/C12H22N2O/c1-4-5-6-7-12(15)14-11(9-13)8-10(2)3/h4-7,10-11H,8-9,13H2,1-3H3,(H,14,15). The van der Waals surface area contributed by atoms with Gasteiger partial charge in [-0.05, 0) is 19.3 Å². The molecule has 1 unspecified atom stereocenters. The second-order valence-corrected chi connectivity index (χ2v) is 3.96. The van der Waals surface area contributed by atoms with E-state index in [4.69, 9.17) is 5.73 Å². The first-order chi connectivity index (χ1) is 7.10. The number of amides is 1. The summed E-state index contributed by atoms with van der Waals surface area (Å²) in [5.74, 6) is 0.461. The minimum absolute atomic E-state index is 0.0766. The Hall–Kier alpha value is -1.09. The van der Waals surface area contributed by atoms with Crippen LogP contribution in [0.5, 0.6) is 0 Å². The van der Waals surface area contributed by atoms with Crippen LogP contribution >= 0.6 is 0 Å². The van der Waals surface area contributed by atoms with E-state index in [9.17, 15) is 4.79 Å². The third-order valence-electron chi connectivity index (χ3n) is 1.94. The molecule has 0 aromatic carbocycles. The molecule has 0 aliphatic heterocycles. The lowest BCUT2D eigenvalue weighted by atomic mass is 10.0. The van der Waals surface area contributed by atoms with Gasteiger partial charge in [0.15, 0.2) is 0 Å². The van der Waals surface area contributed by atoms with Gasteiger partial charge in [-0.15, -0.1) is 0 Å². The summed E-state index contributed by atoms with van der Waals surface area (Å²) < 4.78 is 0. The summed E-state index contributed by atoms with van der Waals surface area (Å²) in [5, 5.41) is 2.87. The molecular formula is C12H22N2O. The van der Waals surface area contributed by atoms with Crippen LogP contribution in [-0.2, 0) is 4.79 Å². The number of carbonyl (C=O) groups excluding carboxylic acids is 1. The van der Waals surface area contributed by atoms with E-state index >= 15 is 0 Å². The molecule has 15 heavy (non-hydrogen) atoms. The first-order valence-corrected chi connectivity index (χ1v) is 5.40. The summed E-state index contributed by atoms with van der Waals surface area (Å²) in [6.07, 6.45) is 7.85. The van der Waals surface area contributed by atoms with Crippen molar-refractivity contribution in [1.29, 1.82) is 0 Å². The Morgan fingerprint density at radius 1 is 1.40 bits per heavy atom. The van der Waals surface area contributed by atoms with Gasteiger partial charge in [-0.25, -0.2) is 0 Å². The van der Waals surface area contributed by atoms with Gasteiger partial charge in [0.2, 0.25) is 5.91 Å².